The average Bonchev–Trinajstić information content (AvgIpc) is 2.56. The molecule has 2 aliphatic rings. The van der Waals surface area contributed by atoms with Crippen LogP contribution in [0.4, 0.5) is 0 Å². The van der Waals surface area contributed by atoms with Crippen molar-refractivity contribution in [2.24, 2.45) is 5.92 Å². The van der Waals surface area contributed by atoms with Crippen LogP contribution in [-0.2, 0) is 0 Å². The summed E-state index contributed by atoms with van der Waals surface area (Å²) in [6.45, 7) is 3.92. The molecule has 0 saturated heterocycles. The van der Waals surface area contributed by atoms with E-state index in [1.165, 1.54) is 44.1 Å². The highest BCUT2D eigenvalue weighted by Crippen LogP contribution is 2.37. The van der Waals surface area contributed by atoms with Crippen LogP contribution in [0.25, 0.3) is 0 Å². The van der Waals surface area contributed by atoms with E-state index in [2.05, 4.69) is 55.1 Å². The molecule has 0 fully saturated rings. The summed E-state index contributed by atoms with van der Waals surface area (Å²) in [6.07, 6.45) is 14.6. The zero-order chi connectivity index (χ0) is 13.8. The van der Waals surface area contributed by atoms with Crippen molar-refractivity contribution in [3.05, 3.63) is 71.8 Å². The van der Waals surface area contributed by atoms with E-state index in [0.29, 0.717) is 5.92 Å². The molecule has 0 radical (unpaired) electrons. The highest BCUT2D eigenvalue weighted by Gasteiger charge is 2.20. The minimum Gasteiger partial charge on any atom is -0.103 e. The number of hydrogen-bond donors (Lipinski definition) is 0. The van der Waals surface area contributed by atoms with Crippen molar-refractivity contribution in [3.8, 4) is 0 Å². The molecule has 0 spiro atoms. The van der Waals surface area contributed by atoms with Gasteiger partial charge in [-0.2, -0.15) is 0 Å². The van der Waals surface area contributed by atoms with Crippen LogP contribution < -0.4 is 0 Å². The van der Waals surface area contributed by atoms with Gasteiger partial charge in [-0.05, 0) is 67.1 Å². The molecule has 0 aromatic heterocycles. The molecule has 0 N–H and O–H groups in total. The van der Waals surface area contributed by atoms with Gasteiger partial charge >= 0.3 is 0 Å². The van der Waals surface area contributed by atoms with Crippen LogP contribution in [0.3, 0.4) is 0 Å². The molecule has 0 bridgehead atoms. The zero-order valence-corrected chi connectivity index (χ0v) is 12.2. The first-order chi connectivity index (χ1) is 9.86. The Morgan fingerprint density at radius 1 is 0.900 bits per heavy atom. The first-order valence-corrected chi connectivity index (χ1v) is 7.92. The van der Waals surface area contributed by atoms with E-state index < -0.39 is 0 Å². The standard InChI is InChI=1S/C20H24/c1-2-16-8-10-18(11-9-16)20-14-12-19(13-15-20)17-6-4-3-5-7-17/h2-7,10,14,16,19H,1,8-9,11-13,15H2. The van der Waals surface area contributed by atoms with E-state index in [0.717, 1.165) is 5.92 Å². The van der Waals surface area contributed by atoms with E-state index in [1.807, 2.05) is 0 Å². The Morgan fingerprint density at radius 3 is 2.15 bits per heavy atom. The SMILES string of the molecule is C=CC1CC=C(C2=CCC(c3ccccc3)CC2)CC1. The predicted molar refractivity (Wildman–Crippen MR) is 86.7 cm³/mol. The van der Waals surface area contributed by atoms with E-state index in [1.54, 1.807) is 11.1 Å². The molecule has 20 heavy (non-hydrogen) atoms. The number of rotatable bonds is 3. The van der Waals surface area contributed by atoms with E-state index in [-0.39, 0.29) is 0 Å². The lowest BCUT2D eigenvalue weighted by Crippen LogP contribution is -2.09. The molecular formula is C20H24. The van der Waals surface area contributed by atoms with Gasteiger partial charge in [-0.25, -0.2) is 0 Å². The summed E-state index contributed by atoms with van der Waals surface area (Å²) in [5.74, 6) is 1.44. The highest BCUT2D eigenvalue weighted by molar-refractivity contribution is 5.35. The Hall–Kier alpha value is -1.56. The average molecular weight is 264 g/mol. The first-order valence-electron chi connectivity index (χ1n) is 7.92. The predicted octanol–water partition coefficient (Wildman–Crippen LogP) is 5.79. The van der Waals surface area contributed by atoms with Crippen LogP contribution in [-0.4, -0.2) is 0 Å². The zero-order valence-electron chi connectivity index (χ0n) is 12.2. The lowest BCUT2D eigenvalue weighted by Gasteiger charge is -2.26. The summed E-state index contributed by atoms with van der Waals surface area (Å²) >= 11 is 0. The van der Waals surface area contributed by atoms with Gasteiger partial charge in [0.1, 0.15) is 0 Å². The quantitative estimate of drug-likeness (QED) is 0.606. The number of allylic oxidation sites excluding steroid dienone is 5. The molecule has 0 nitrogen and oxygen atoms in total. The summed E-state index contributed by atoms with van der Waals surface area (Å²) in [5.41, 5.74) is 4.75. The van der Waals surface area contributed by atoms with E-state index in [4.69, 9.17) is 0 Å². The van der Waals surface area contributed by atoms with Crippen LogP contribution in [0.15, 0.2) is 66.3 Å². The molecule has 3 rings (SSSR count). The van der Waals surface area contributed by atoms with Crippen LogP contribution in [0, 0.1) is 5.92 Å². The second-order valence-corrected chi connectivity index (χ2v) is 6.11. The van der Waals surface area contributed by atoms with Crippen molar-refractivity contribution in [2.75, 3.05) is 0 Å². The fraction of sp³-hybridized carbons (Fsp3) is 0.400. The topological polar surface area (TPSA) is 0 Å². The first kappa shape index (κ1) is 13.4. The van der Waals surface area contributed by atoms with Gasteiger partial charge in [0.2, 0.25) is 0 Å². The fourth-order valence-electron chi connectivity index (χ4n) is 3.51. The van der Waals surface area contributed by atoms with Crippen molar-refractivity contribution in [1.29, 1.82) is 0 Å². The molecule has 0 heteroatoms. The Balaban J connectivity index is 1.66. The van der Waals surface area contributed by atoms with Crippen LogP contribution >= 0.6 is 0 Å². The molecule has 1 aromatic rings. The van der Waals surface area contributed by atoms with Gasteiger partial charge in [0, 0.05) is 0 Å². The molecule has 0 heterocycles. The summed E-state index contributed by atoms with van der Waals surface area (Å²) in [6, 6.07) is 11.0. The summed E-state index contributed by atoms with van der Waals surface area (Å²) in [7, 11) is 0. The fourth-order valence-corrected chi connectivity index (χ4v) is 3.51. The molecule has 0 saturated carbocycles. The number of hydrogen-bond acceptors (Lipinski definition) is 0. The monoisotopic (exact) mass is 264 g/mol. The van der Waals surface area contributed by atoms with Gasteiger partial charge in [0.05, 0.1) is 0 Å². The summed E-state index contributed by atoms with van der Waals surface area (Å²) < 4.78 is 0. The van der Waals surface area contributed by atoms with Gasteiger partial charge in [-0.1, -0.05) is 48.6 Å². The van der Waals surface area contributed by atoms with Crippen molar-refractivity contribution in [2.45, 2.75) is 44.4 Å². The smallest absolute Gasteiger partial charge is 0.0124 e. The van der Waals surface area contributed by atoms with Crippen molar-refractivity contribution < 1.29 is 0 Å². The molecule has 0 aliphatic heterocycles. The summed E-state index contributed by atoms with van der Waals surface area (Å²) in [5, 5.41) is 0. The van der Waals surface area contributed by atoms with Crippen LogP contribution in [0.1, 0.15) is 50.0 Å². The second kappa shape index (κ2) is 6.26. The number of benzene rings is 1. The molecule has 104 valence electrons. The van der Waals surface area contributed by atoms with Gasteiger partial charge in [0.25, 0.3) is 0 Å². The maximum Gasteiger partial charge on any atom is -0.0124 e. The third-order valence-electron chi connectivity index (χ3n) is 4.88. The third-order valence-corrected chi connectivity index (χ3v) is 4.88. The third kappa shape index (κ3) is 2.95. The maximum absolute atomic E-state index is 3.92. The van der Waals surface area contributed by atoms with Gasteiger partial charge in [-0.15, -0.1) is 6.58 Å². The Kier molecular flexibility index (Phi) is 4.20. The lowest BCUT2D eigenvalue weighted by atomic mass is 9.79. The van der Waals surface area contributed by atoms with Crippen LogP contribution in [0.5, 0.6) is 0 Å². The lowest BCUT2D eigenvalue weighted by molar-refractivity contribution is 0.554. The Labute approximate surface area is 122 Å². The largest absolute Gasteiger partial charge is 0.103 e. The maximum atomic E-state index is 3.92. The molecule has 0 amide bonds. The van der Waals surface area contributed by atoms with E-state index >= 15 is 0 Å². The van der Waals surface area contributed by atoms with Crippen molar-refractivity contribution in [3.63, 3.8) is 0 Å². The van der Waals surface area contributed by atoms with Gasteiger partial charge < -0.3 is 0 Å². The van der Waals surface area contributed by atoms with Crippen molar-refractivity contribution >= 4 is 0 Å². The molecular weight excluding hydrogens is 240 g/mol. The molecule has 2 atom stereocenters. The Morgan fingerprint density at radius 2 is 1.60 bits per heavy atom. The minimum absolute atomic E-state index is 0.708. The Bertz CT molecular complexity index is 518. The van der Waals surface area contributed by atoms with Gasteiger partial charge in [0.15, 0.2) is 0 Å². The normalized spacial score (nSPS) is 26.6. The second-order valence-electron chi connectivity index (χ2n) is 6.11. The highest BCUT2D eigenvalue weighted by atomic mass is 14.2. The van der Waals surface area contributed by atoms with Crippen molar-refractivity contribution in [1.82, 2.24) is 0 Å². The van der Waals surface area contributed by atoms with E-state index in [9.17, 15) is 0 Å². The summed E-state index contributed by atoms with van der Waals surface area (Å²) in [4.78, 5) is 0. The molecule has 2 aliphatic carbocycles. The minimum atomic E-state index is 0.708. The molecule has 1 aromatic carbocycles. The van der Waals surface area contributed by atoms with Gasteiger partial charge in [-0.3, -0.25) is 0 Å². The molecule has 2 unspecified atom stereocenters. The van der Waals surface area contributed by atoms with Crippen LogP contribution in [0.2, 0.25) is 0 Å².